The van der Waals surface area contributed by atoms with Crippen molar-refractivity contribution in [1.82, 2.24) is 0 Å². The number of hydrogen-bond acceptors (Lipinski definition) is 0. The van der Waals surface area contributed by atoms with Gasteiger partial charge in [0.05, 0.1) is 0 Å². The first kappa shape index (κ1) is 19.7. The standard InChI is InChI=1S/C23H27P3/c1-15-3-5-19(22-8-4-17(12-24)9-16(22)2)11-23(15)18-6-7-20(13-25)21(10-18)14-26/h3-11H,12-14,24-26H2,1-2H3. The molecule has 0 amide bonds. The van der Waals surface area contributed by atoms with Gasteiger partial charge < -0.3 is 0 Å². The lowest BCUT2D eigenvalue weighted by molar-refractivity contribution is 1.28. The number of aryl methyl sites for hydroxylation is 2. The van der Waals surface area contributed by atoms with E-state index in [0.29, 0.717) is 0 Å². The molecule has 0 nitrogen and oxygen atoms in total. The summed E-state index contributed by atoms with van der Waals surface area (Å²) < 4.78 is 0. The van der Waals surface area contributed by atoms with E-state index in [4.69, 9.17) is 0 Å². The van der Waals surface area contributed by atoms with Gasteiger partial charge in [-0.1, -0.05) is 48.5 Å². The van der Waals surface area contributed by atoms with Gasteiger partial charge in [0, 0.05) is 0 Å². The van der Waals surface area contributed by atoms with Gasteiger partial charge in [-0.25, -0.2) is 0 Å². The summed E-state index contributed by atoms with van der Waals surface area (Å²) in [4.78, 5) is 0. The van der Waals surface area contributed by atoms with Crippen molar-refractivity contribution in [2.45, 2.75) is 32.3 Å². The second kappa shape index (κ2) is 8.76. The predicted octanol–water partition coefficient (Wildman–Crippen LogP) is 6.76. The molecule has 0 aliphatic carbocycles. The Morgan fingerprint density at radius 1 is 0.577 bits per heavy atom. The molecule has 3 atom stereocenters. The van der Waals surface area contributed by atoms with Crippen molar-refractivity contribution < 1.29 is 0 Å². The fourth-order valence-corrected chi connectivity index (χ4v) is 4.49. The molecule has 0 saturated carbocycles. The molecule has 0 heterocycles. The Hall–Kier alpha value is -1.05. The van der Waals surface area contributed by atoms with Crippen molar-refractivity contribution >= 4 is 27.7 Å². The average molecular weight is 396 g/mol. The Bertz CT molecular complexity index is 929. The summed E-state index contributed by atoms with van der Waals surface area (Å²) in [5.41, 5.74) is 12.1. The number of hydrogen-bond donors (Lipinski definition) is 0. The lowest BCUT2D eigenvalue weighted by Gasteiger charge is -2.14. The zero-order valence-corrected chi connectivity index (χ0v) is 19.0. The third-order valence-corrected chi connectivity index (χ3v) is 6.38. The molecule has 3 heteroatoms. The average Bonchev–Trinajstić information content (AvgIpc) is 2.68. The SMILES string of the molecule is Cc1cc(CP)ccc1-c1ccc(C)c(-c2ccc(CP)c(CP)c2)c1. The molecule has 3 unspecified atom stereocenters. The van der Waals surface area contributed by atoms with Crippen LogP contribution in [0.4, 0.5) is 0 Å². The summed E-state index contributed by atoms with van der Waals surface area (Å²) in [6.07, 6.45) is 3.00. The molecule has 0 radical (unpaired) electrons. The fraction of sp³-hybridized carbons (Fsp3) is 0.217. The van der Waals surface area contributed by atoms with Crippen molar-refractivity contribution in [3.63, 3.8) is 0 Å². The summed E-state index contributed by atoms with van der Waals surface area (Å²) in [6.45, 7) is 4.41. The molecule has 0 aromatic heterocycles. The van der Waals surface area contributed by atoms with E-state index in [2.05, 4.69) is 96.2 Å². The normalized spacial score (nSPS) is 11.0. The molecular weight excluding hydrogens is 369 g/mol. The van der Waals surface area contributed by atoms with Crippen molar-refractivity contribution in [3.05, 3.63) is 82.4 Å². The topological polar surface area (TPSA) is 0 Å². The van der Waals surface area contributed by atoms with Gasteiger partial charge in [0.2, 0.25) is 0 Å². The Morgan fingerprint density at radius 2 is 1.27 bits per heavy atom. The minimum absolute atomic E-state index is 0.992. The highest BCUT2D eigenvalue weighted by Crippen LogP contribution is 2.33. The lowest BCUT2D eigenvalue weighted by atomic mass is 9.92. The van der Waals surface area contributed by atoms with Crippen LogP contribution in [0.1, 0.15) is 27.8 Å². The van der Waals surface area contributed by atoms with Gasteiger partial charge in [0.1, 0.15) is 0 Å². The third kappa shape index (κ3) is 4.10. The van der Waals surface area contributed by atoms with Gasteiger partial charge in [-0.05, 0) is 88.5 Å². The van der Waals surface area contributed by atoms with Gasteiger partial charge in [0.15, 0.2) is 0 Å². The molecule has 26 heavy (non-hydrogen) atoms. The minimum atomic E-state index is 0.992. The maximum atomic E-state index is 2.86. The van der Waals surface area contributed by atoms with Crippen LogP contribution in [0.5, 0.6) is 0 Å². The monoisotopic (exact) mass is 396 g/mol. The zero-order chi connectivity index (χ0) is 18.7. The summed E-state index contributed by atoms with van der Waals surface area (Å²) in [5, 5.41) is 0. The number of rotatable bonds is 5. The molecule has 0 N–H and O–H groups in total. The van der Waals surface area contributed by atoms with E-state index in [-0.39, 0.29) is 0 Å². The van der Waals surface area contributed by atoms with Crippen LogP contribution in [-0.2, 0) is 18.5 Å². The van der Waals surface area contributed by atoms with Crippen LogP contribution in [0, 0.1) is 13.8 Å². The predicted molar refractivity (Wildman–Crippen MR) is 127 cm³/mol. The molecule has 3 aromatic rings. The van der Waals surface area contributed by atoms with Crippen molar-refractivity contribution in [1.29, 1.82) is 0 Å². The van der Waals surface area contributed by atoms with Crippen LogP contribution in [-0.4, -0.2) is 0 Å². The Kier molecular flexibility index (Phi) is 6.64. The second-order valence-corrected chi connectivity index (χ2v) is 8.00. The first-order valence-corrected chi connectivity index (χ1v) is 11.4. The van der Waals surface area contributed by atoms with E-state index in [1.54, 1.807) is 0 Å². The molecule has 134 valence electrons. The third-order valence-electron chi connectivity index (χ3n) is 5.03. The number of benzene rings is 3. The Balaban J connectivity index is 2.09. The summed E-state index contributed by atoms with van der Waals surface area (Å²) >= 11 is 0. The second-order valence-electron chi connectivity index (χ2n) is 6.77. The van der Waals surface area contributed by atoms with Crippen molar-refractivity contribution in [3.8, 4) is 22.3 Å². The van der Waals surface area contributed by atoms with Crippen LogP contribution >= 0.6 is 27.7 Å². The Labute approximate surface area is 164 Å². The maximum Gasteiger partial charge on any atom is -0.0125 e. The molecular formula is C23H27P3. The van der Waals surface area contributed by atoms with Gasteiger partial charge in [-0.15, -0.1) is 27.7 Å². The molecule has 0 saturated heterocycles. The van der Waals surface area contributed by atoms with Gasteiger partial charge in [0.25, 0.3) is 0 Å². The summed E-state index contributed by atoms with van der Waals surface area (Å²) in [6, 6.07) is 20.5. The van der Waals surface area contributed by atoms with E-state index in [1.165, 1.54) is 50.1 Å². The fourth-order valence-electron chi connectivity index (χ4n) is 3.46. The van der Waals surface area contributed by atoms with Crippen molar-refractivity contribution in [2.24, 2.45) is 0 Å². The van der Waals surface area contributed by atoms with Crippen molar-refractivity contribution in [2.75, 3.05) is 0 Å². The van der Waals surface area contributed by atoms with E-state index in [0.717, 1.165) is 18.5 Å². The highest BCUT2D eigenvalue weighted by Gasteiger charge is 2.09. The molecule has 0 aliphatic rings. The summed E-state index contributed by atoms with van der Waals surface area (Å²) in [7, 11) is 8.50. The van der Waals surface area contributed by atoms with E-state index in [9.17, 15) is 0 Å². The maximum absolute atomic E-state index is 2.86. The quantitative estimate of drug-likeness (QED) is 0.418. The minimum Gasteiger partial charge on any atom is -0.133 e. The molecule has 0 bridgehead atoms. The van der Waals surface area contributed by atoms with E-state index < -0.39 is 0 Å². The highest BCUT2D eigenvalue weighted by atomic mass is 31.0. The van der Waals surface area contributed by atoms with Crippen LogP contribution in [0.25, 0.3) is 22.3 Å². The van der Waals surface area contributed by atoms with Gasteiger partial charge in [-0.3, -0.25) is 0 Å². The van der Waals surface area contributed by atoms with Gasteiger partial charge in [-0.2, -0.15) is 0 Å². The first-order chi connectivity index (χ1) is 12.6. The molecule has 0 fully saturated rings. The highest BCUT2D eigenvalue weighted by molar-refractivity contribution is 7.16. The lowest BCUT2D eigenvalue weighted by Crippen LogP contribution is -1.92. The smallest absolute Gasteiger partial charge is 0.0125 e. The summed E-state index contributed by atoms with van der Waals surface area (Å²) in [5.74, 6) is 0. The van der Waals surface area contributed by atoms with Gasteiger partial charge >= 0.3 is 0 Å². The Morgan fingerprint density at radius 3 is 1.92 bits per heavy atom. The molecule has 3 rings (SSSR count). The molecule has 0 spiro atoms. The zero-order valence-electron chi connectivity index (χ0n) is 15.5. The van der Waals surface area contributed by atoms with E-state index in [1.807, 2.05) is 0 Å². The first-order valence-electron chi connectivity index (χ1n) is 9.00. The van der Waals surface area contributed by atoms with Crippen LogP contribution in [0.2, 0.25) is 0 Å². The molecule has 0 aliphatic heterocycles. The molecule has 3 aromatic carbocycles. The largest absolute Gasteiger partial charge is 0.133 e. The van der Waals surface area contributed by atoms with Crippen LogP contribution in [0.3, 0.4) is 0 Å². The van der Waals surface area contributed by atoms with Crippen LogP contribution in [0.15, 0.2) is 54.6 Å². The van der Waals surface area contributed by atoms with E-state index >= 15 is 0 Å². The van der Waals surface area contributed by atoms with Crippen LogP contribution < -0.4 is 0 Å².